The molecule has 0 radical (unpaired) electrons. The first kappa shape index (κ1) is 16.6. The highest BCUT2D eigenvalue weighted by Crippen LogP contribution is 2.12. The van der Waals surface area contributed by atoms with Crippen LogP contribution in [0.5, 0.6) is 0 Å². The summed E-state index contributed by atoms with van der Waals surface area (Å²) < 4.78 is 25.6. The normalized spacial score (nSPS) is 11.8. The second-order valence-electron chi connectivity index (χ2n) is 4.54. The molecule has 0 saturated heterocycles. The van der Waals surface area contributed by atoms with Crippen LogP contribution in [0.2, 0.25) is 0 Å². The second kappa shape index (κ2) is 7.37. The molecule has 0 unspecified atom stereocenters. The van der Waals surface area contributed by atoms with Crippen molar-refractivity contribution in [3.8, 4) is 0 Å². The first-order valence-corrected chi connectivity index (χ1v) is 7.88. The third-order valence-corrected chi connectivity index (χ3v) is 4.73. The van der Waals surface area contributed by atoms with Gasteiger partial charge in [-0.2, -0.15) is 0 Å². The minimum Gasteiger partial charge on any atom is -0.478 e. The van der Waals surface area contributed by atoms with E-state index in [0.29, 0.717) is 12.1 Å². The lowest BCUT2D eigenvalue weighted by Crippen LogP contribution is -2.30. The van der Waals surface area contributed by atoms with Gasteiger partial charge in [-0.3, -0.25) is 0 Å². The number of hydrogen-bond acceptors (Lipinski definition) is 4. The first-order valence-electron chi connectivity index (χ1n) is 6.27. The Morgan fingerprint density at radius 2 is 2.10 bits per heavy atom. The van der Waals surface area contributed by atoms with Crippen molar-refractivity contribution in [2.24, 2.45) is 0 Å². The topological polar surface area (TPSA) is 86.7 Å². The van der Waals surface area contributed by atoms with Crippen LogP contribution < -0.4 is 5.32 Å². The summed E-state index contributed by atoms with van der Waals surface area (Å²) in [6, 6.07) is 6.00. The molecule has 0 atom stereocenters. The number of benzene rings is 1. The molecule has 0 spiro atoms. The minimum atomic E-state index is -3.42. The summed E-state index contributed by atoms with van der Waals surface area (Å²) in [5.74, 6) is -1.25. The van der Waals surface area contributed by atoms with Gasteiger partial charge in [0.25, 0.3) is 0 Å². The second-order valence-corrected chi connectivity index (χ2v) is 6.62. The summed E-state index contributed by atoms with van der Waals surface area (Å²) in [7, 11) is -0.0785. The molecule has 0 fully saturated rings. The Labute approximate surface area is 119 Å². The summed E-state index contributed by atoms with van der Waals surface area (Å²) in [6.07, 6.45) is 0.724. The zero-order valence-electron chi connectivity index (χ0n) is 11.7. The zero-order chi connectivity index (χ0) is 15.2. The molecule has 0 aliphatic carbocycles. The van der Waals surface area contributed by atoms with Crippen LogP contribution in [0.4, 0.5) is 0 Å². The predicted molar refractivity (Wildman–Crippen MR) is 77.2 cm³/mol. The molecule has 0 bridgehead atoms. The van der Waals surface area contributed by atoms with Crippen molar-refractivity contribution < 1.29 is 18.3 Å². The van der Waals surface area contributed by atoms with Crippen molar-refractivity contribution in [1.82, 2.24) is 9.62 Å². The van der Waals surface area contributed by atoms with Gasteiger partial charge in [-0.25, -0.2) is 17.5 Å². The summed E-state index contributed by atoms with van der Waals surface area (Å²) >= 11 is 0. The van der Waals surface area contributed by atoms with Gasteiger partial charge in [0.05, 0.1) is 11.3 Å². The van der Waals surface area contributed by atoms with Gasteiger partial charge in [0.1, 0.15) is 0 Å². The molecule has 112 valence electrons. The average Bonchev–Trinajstić information content (AvgIpc) is 2.38. The molecule has 6 nitrogen and oxygen atoms in total. The van der Waals surface area contributed by atoms with Crippen LogP contribution in [-0.2, 0) is 15.8 Å². The highest BCUT2D eigenvalue weighted by Gasteiger charge is 2.18. The maximum Gasteiger partial charge on any atom is 0.335 e. The molecular formula is C13H20N2O4S. The van der Waals surface area contributed by atoms with Crippen LogP contribution in [0, 0.1) is 0 Å². The van der Waals surface area contributed by atoms with Crippen LogP contribution >= 0.6 is 0 Å². The van der Waals surface area contributed by atoms with Crippen LogP contribution in [-0.4, -0.2) is 51.0 Å². The van der Waals surface area contributed by atoms with Crippen LogP contribution in [0.15, 0.2) is 24.3 Å². The number of aromatic carboxylic acids is 1. The summed E-state index contributed by atoms with van der Waals surface area (Å²) in [6.45, 7) is 1.18. The number of carboxylic acid groups (broad SMARTS) is 1. The van der Waals surface area contributed by atoms with Gasteiger partial charge in [-0.05, 0) is 37.7 Å². The number of sulfonamides is 1. The highest BCUT2D eigenvalue weighted by molar-refractivity contribution is 7.88. The molecule has 0 aromatic heterocycles. The number of nitrogens with zero attached hydrogens (tertiary/aromatic N) is 1. The Hall–Kier alpha value is -1.44. The largest absolute Gasteiger partial charge is 0.478 e. The van der Waals surface area contributed by atoms with E-state index in [1.165, 1.54) is 23.5 Å². The fourth-order valence-corrected chi connectivity index (χ4v) is 2.96. The average molecular weight is 300 g/mol. The Morgan fingerprint density at radius 1 is 1.40 bits per heavy atom. The smallest absolute Gasteiger partial charge is 0.335 e. The zero-order valence-corrected chi connectivity index (χ0v) is 12.5. The van der Waals surface area contributed by atoms with E-state index in [0.717, 1.165) is 13.0 Å². The molecule has 1 rings (SSSR count). The monoisotopic (exact) mass is 300 g/mol. The van der Waals surface area contributed by atoms with E-state index >= 15 is 0 Å². The van der Waals surface area contributed by atoms with E-state index in [1.54, 1.807) is 12.1 Å². The molecule has 0 heterocycles. The lowest BCUT2D eigenvalue weighted by molar-refractivity contribution is 0.0696. The molecule has 20 heavy (non-hydrogen) atoms. The van der Waals surface area contributed by atoms with Crippen LogP contribution in [0.25, 0.3) is 0 Å². The van der Waals surface area contributed by atoms with E-state index in [4.69, 9.17) is 5.11 Å². The number of hydrogen-bond donors (Lipinski definition) is 2. The van der Waals surface area contributed by atoms with E-state index in [1.807, 2.05) is 7.05 Å². The number of carbonyl (C=O) groups is 1. The number of carboxylic acids is 1. The van der Waals surface area contributed by atoms with Gasteiger partial charge in [-0.15, -0.1) is 0 Å². The molecular weight excluding hydrogens is 280 g/mol. The van der Waals surface area contributed by atoms with E-state index in [2.05, 4.69) is 5.32 Å². The maximum absolute atomic E-state index is 12.1. The number of rotatable bonds is 8. The first-order chi connectivity index (χ1) is 9.36. The molecule has 1 aromatic rings. The Bertz CT molecular complexity index is 557. The molecule has 0 aliphatic rings. The van der Waals surface area contributed by atoms with Crippen molar-refractivity contribution in [2.45, 2.75) is 12.2 Å². The van der Waals surface area contributed by atoms with Gasteiger partial charge >= 0.3 is 5.97 Å². The SMILES string of the molecule is CNCCCN(C)S(=O)(=O)Cc1cccc(C(=O)O)c1. The third kappa shape index (κ3) is 4.92. The van der Waals surface area contributed by atoms with Crippen molar-refractivity contribution in [3.05, 3.63) is 35.4 Å². The molecule has 2 N–H and O–H groups in total. The highest BCUT2D eigenvalue weighted by atomic mass is 32.2. The standard InChI is InChI=1S/C13H20N2O4S/c1-14-7-4-8-15(2)20(18,19)10-11-5-3-6-12(9-11)13(16)17/h3,5-6,9,14H,4,7-8,10H2,1-2H3,(H,16,17). The van der Waals surface area contributed by atoms with Gasteiger partial charge in [0.2, 0.25) is 10.0 Å². The summed E-state index contributed by atoms with van der Waals surface area (Å²) in [5.41, 5.74) is 0.570. The minimum absolute atomic E-state index is 0.0931. The van der Waals surface area contributed by atoms with E-state index < -0.39 is 16.0 Å². The molecule has 7 heteroatoms. The molecule has 0 amide bonds. The predicted octanol–water partition coefficient (Wildman–Crippen LogP) is 0.756. The molecule has 0 aliphatic heterocycles. The molecule has 0 saturated carbocycles. The molecule has 1 aromatic carbocycles. The van der Waals surface area contributed by atoms with Gasteiger partial charge in [0, 0.05) is 13.6 Å². The van der Waals surface area contributed by atoms with Gasteiger partial charge in [-0.1, -0.05) is 12.1 Å². The van der Waals surface area contributed by atoms with E-state index in [9.17, 15) is 13.2 Å². The van der Waals surface area contributed by atoms with Crippen LogP contribution in [0.3, 0.4) is 0 Å². The Morgan fingerprint density at radius 3 is 2.70 bits per heavy atom. The summed E-state index contributed by atoms with van der Waals surface area (Å²) in [4.78, 5) is 10.9. The quantitative estimate of drug-likeness (QED) is 0.692. The lowest BCUT2D eigenvalue weighted by Gasteiger charge is -2.17. The fraction of sp³-hybridized carbons (Fsp3) is 0.462. The van der Waals surface area contributed by atoms with Crippen LogP contribution in [0.1, 0.15) is 22.3 Å². The van der Waals surface area contributed by atoms with Crippen molar-refractivity contribution in [1.29, 1.82) is 0 Å². The van der Waals surface area contributed by atoms with Gasteiger partial charge in [0.15, 0.2) is 0 Å². The Balaban J connectivity index is 2.75. The number of nitrogens with one attached hydrogen (secondary N) is 1. The fourth-order valence-electron chi connectivity index (χ4n) is 1.73. The van der Waals surface area contributed by atoms with Gasteiger partial charge < -0.3 is 10.4 Å². The Kier molecular flexibility index (Phi) is 6.12. The maximum atomic E-state index is 12.1. The third-order valence-electron chi connectivity index (χ3n) is 2.90. The lowest BCUT2D eigenvalue weighted by atomic mass is 10.1. The van der Waals surface area contributed by atoms with Crippen molar-refractivity contribution in [3.63, 3.8) is 0 Å². The van der Waals surface area contributed by atoms with Crippen molar-refractivity contribution in [2.75, 3.05) is 27.2 Å². The summed E-state index contributed by atoms with van der Waals surface area (Å²) in [5, 5.41) is 11.9. The van der Waals surface area contributed by atoms with E-state index in [-0.39, 0.29) is 11.3 Å². The van der Waals surface area contributed by atoms with Crippen molar-refractivity contribution >= 4 is 16.0 Å².